The van der Waals surface area contributed by atoms with Crippen molar-refractivity contribution in [1.29, 1.82) is 0 Å². The normalized spacial score (nSPS) is 18.0. The molecule has 6 nitrogen and oxygen atoms in total. The Balaban J connectivity index is 1.70. The van der Waals surface area contributed by atoms with Crippen molar-refractivity contribution in [3.05, 3.63) is 42.1 Å². The summed E-state index contributed by atoms with van der Waals surface area (Å²) >= 11 is 0. The number of aromatic nitrogens is 3. The van der Waals surface area contributed by atoms with Gasteiger partial charge in [0.1, 0.15) is 11.6 Å². The average Bonchev–Trinajstić information content (AvgIpc) is 3.15. The molecule has 1 atom stereocenters. The number of hydrogen-bond donors (Lipinski definition) is 1. The monoisotopic (exact) mass is 313 g/mol. The first-order valence-corrected chi connectivity index (χ1v) is 8.14. The minimum atomic E-state index is 0.0126. The van der Waals surface area contributed by atoms with Crippen LogP contribution in [0.25, 0.3) is 0 Å². The number of amides is 1. The zero-order chi connectivity index (χ0) is 16.2. The fraction of sp³-hybridized carbons (Fsp3) is 0.471. The topological polar surface area (TPSA) is 65.1 Å². The summed E-state index contributed by atoms with van der Waals surface area (Å²) in [4.78, 5) is 28.2. The van der Waals surface area contributed by atoms with Crippen LogP contribution in [-0.4, -0.2) is 52.4 Å². The summed E-state index contributed by atoms with van der Waals surface area (Å²) in [6.45, 7) is 4.55. The van der Waals surface area contributed by atoms with E-state index in [4.69, 9.17) is 0 Å². The van der Waals surface area contributed by atoms with Gasteiger partial charge in [0.2, 0.25) is 0 Å². The van der Waals surface area contributed by atoms with Crippen LogP contribution in [0.2, 0.25) is 0 Å². The minimum Gasteiger partial charge on any atom is -0.356 e. The van der Waals surface area contributed by atoms with E-state index in [1.54, 1.807) is 24.3 Å². The van der Waals surface area contributed by atoms with Gasteiger partial charge < -0.3 is 14.8 Å². The Morgan fingerprint density at radius 2 is 2.30 bits per heavy atom. The van der Waals surface area contributed by atoms with Crippen LogP contribution in [0.1, 0.15) is 41.9 Å². The number of carbonyl (C=O) groups is 1. The molecule has 23 heavy (non-hydrogen) atoms. The smallest absolute Gasteiger partial charge is 0.255 e. The Bertz CT molecular complexity index is 638. The molecule has 1 N–H and O–H groups in total. The number of piperidine rings is 1. The van der Waals surface area contributed by atoms with Crippen molar-refractivity contribution in [2.75, 3.05) is 31.6 Å². The lowest BCUT2D eigenvalue weighted by Crippen LogP contribution is -2.35. The Kier molecular flexibility index (Phi) is 4.60. The van der Waals surface area contributed by atoms with Gasteiger partial charge >= 0.3 is 0 Å². The maximum Gasteiger partial charge on any atom is 0.255 e. The van der Waals surface area contributed by atoms with Crippen molar-refractivity contribution in [3.63, 3.8) is 0 Å². The van der Waals surface area contributed by atoms with Gasteiger partial charge in [-0.1, -0.05) is 0 Å². The van der Waals surface area contributed by atoms with Crippen LogP contribution in [0, 0.1) is 0 Å². The summed E-state index contributed by atoms with van der Waals surface area (Å²) in [7, 11) is 1.80. The van der Waals surface area contributed by atoms with E-state index in [9.17, 15) is 4.79 Å². The van der Waals surface area contributed by atoms with Crippen molar-refractivity contribution >= 4 is 11.7 Å². The maximum atomic E-state index is 12.1. The predicted octanol–water partition coefficient (Wildman–Crippen LogP) is 2.28. The van der Waals surface area contributed by atoms with E-state index in [-0.39, 0.29) is 5.91 Å². The number of aromatic amines is 1. The van der Waals surface area contributed by atoms with E-state index in [1.807, 2.05) is 25.3 Å². The number of H-pyrrole nitrogens is 1. The van der Waals surface area contributed by atoms with Gasteiger partial charge in [0.05, 0.1) is 5.56 Å². The highest BCUT2D eigenvalue weighted by atomic mass is 16.2. The van der Waals surface area contributed by atoms with Gasteiger partial charge in [0.25, 0.3) is 5.91 Å². The van der Waals surface area contributed by atoms with E-state index in [2.05, 4.69) is 19.9 Å². The van der Waals surface area contributed by atoms with Crippen LogP contribution in [0.15, 0.2) is 30.7 Å². The summed E-state index contributed by atoms with van der Waals surface area (Å²) in [6.07, 6.45) is 7.61. The van der Waals surface area contributed by atoms with Crippen molar-refractivity contribution in [1.82, 2.24) is 19.9 Å². The summed E-state index contributed by atoms with van der Waals surface area (Å²) in [5.41, 5.74) is 0.637. The number of nitrogens with zero attached hydrogens (tertiary/aromatic N) is 4. The second-order valence-corrected chi connectivity index (χ2v) is 5.98. The lowest BCUT2D eigenvalue weighted by atomic mass is 9.97. The fourth-order valence-electron chi connectivity index (χ4n) is 2.97. The average molecular weight is 313 g/mol. The minimum absolute atomic E-state index is 0.0126. The quantitative estimate of drug-likeness (QED) is 0.940. The number of nitrogens with one attached hydrogen (secondary N) is 1. The number of hydrogen-bond acceptors (Lipinski definition) is 4. The molecule has 3 heterocycles. The lowest BCUT2D eigenvalue weighted by molar-refractivity contribution is 0.0802. The second-order valence-electron chi connectivity index (χ2n) is 5.98. The largest absolute Gasteiger partial charge is 0.356 e. The van der Waals surface area contributed by atoms with Crippen LogP contribution in [-0.2, 0) is 0 Å². The third-order valence-corrected chi connectivity index (χ3v) is 4.47. The van der Waals surface area contributed by atoms with Gasteiger partial charge in [-0.2, -0.15) is 0 Å². The molecule has 1 aliphatic rings. The molecule has 0 bridgehead atoms. The first-order valence-electron chi connectivity index (χ1n) is 8.14. The van der Waals surface area contributed by atoms with Gasteiger partial charge in [0, 0.05) is 51.2 Å². The third kappa shape index (κ3) is 3.36. The third-order valence-electron chi connectivity index (χ3n) is 4.47. The van der Waals surface area contributed by atoms with Crippen LogP contribution in [0.3, 0.4) is 0 Å². The number of carbonyl (C=O) groups excluding carboxylic acids is 1. The van der Waals surface area contributed by atoms with E-state index in [1.165, 1.54) is 0 Å². The van der Waals surface area contributed by atoms with Crippen LogP contribution in [0.5, 0.6) is 0 Å². The Morgan fingerprint density at radius 3 is 2.96 bits per heavy atom. The molecule has 122 valence electrons. The Hall–Kier alpha value is -2.37. The second kappa shape index (κ2) is 6.81. The van der Waals surface area contributed by atoms with Crippen LogP contribution < -0.4 is 4.90 Å². The highest BCUT2D eigenvalue weighted by molar-refractivity contribution is 5.93. The SMILES string of the molecule is CCN(C)C(=O)c1ccc(N2CCC[C@H](c3ncc[nH]3)C2)nc1. The standard InChI is InChI=1S/C17H23N5O/c1-3-21(2)17(23)13-6-7-15(20-11-13)22-10-4-5-14(12-22)16-18-8-9-19-16/h6-9,11,14H,3-5,10,12H2,1-2H3,(H,18,19)/t14-/m0/s1. The Labute approximate surface area is 136 Å². The van der Waals surface area contributed by atoms with Gasteiger partial charge in [-0.3, -0.25) is 4.79 Å². The molecule has 0 aliphatic carbocycles. The van der Waals surface area contributed by atoms with Crippen molar-refractivity contribution < 1.29 is 4.79 Å². The van der Waals surface area contributed by atoms with E-state index < -0.39 is 0 Å². The molecule has 0 aromatic carbocycles. The number of pyridine rings is 1. The number of imidazole rings is 1. The van der Waals surface area contributed by atoms with Gasteiger partial charge in [-0.05, 0) is 31.9 Å². The molecular formula is C17H23N5O. The number of rotatable bonds is 4. The molecule has 6 heteroatoms. The molecule has 0 saturated carbocycles. The van der Waals surface area contributed by atoms with Crippen molar-refractivity contribution in [2.45, 2.75) is 25.7 Å². The summed E-state index contributed by atoms with van der Waals surface area (Å²) in [5, 5.41) is 0. The molecule has 1 fully saturated rings. The number of anilines is 1. The summed E-state index contributed by atoms with van der Waals surface area (Å²) in [5.74, 6) is 2.40. The maximum absolute atomic E-state index is 12.1. The highest BCUT2D eigenvalue weighted by Gasteiger charge is 2.24. The highest BCUT2D eigenvalue weighted by Crippen LogP contribution is 2.27. The molecule has 0 spiro atoms. The summed E-state index contributed by atoms with van der Waals surface area (Å²) in [6, 6.07) is 3.81. The van der Waals surface area contributed by atoms with Crippen LogP contribution in [0.4, 0.5) is 5.82 Å². The lowest BCUT2D eigenvalue weighted by Gasteiger charge is -2.32. The molecule has 1 amide bonds. The molecule has 3 rings (SSSR count). The first-order chi connectivity index (χ1) is 11.2. The molecule has 0 unspecified atom stereocenters. The van der Waals surface area contributed by atoms with E-state index in [0.717, 1.165) is 37.6 Å². The van der Waals surface area contributed by atoms with Crippen molar-refractivity contribution in [3.8, 4) is 0 Å². The molecular weight excluding hydrogens is 290 g/mol. The van der Waals surface area contributed by atoms with E-state index >= 15 is 0 Å². The zero-order valence-corrected chi connectivity index (χ0v) is 13.7. The first kappa shape index (κ1) is 15.5. The van der Waals surface area contributed by atoms with Gasteiger partial charge in [-0.25, -0.2) is 9.97 Å². The molecule has 0 radical (unpaired) electrons. The van der Waals surface area contributed by atoms with Gasteiger partial charge in [-0.15, -0.1) is 0 Å². The van der Waals surface area contributed by atoms with E-state index in [0.29, 0.717) is 18.0 Å². The van der Waals surface area contributed by atoms with Crippen LogP contribution >= 0.6 is 0 Å². The molecule has 1 saturated heterocycles. The van der Waals surface area contributed by atoms with Gasteiger partial charge in [0.15, 0.2) is 0 Å². The molecule has 1 aliphatic heterocycles. The molecule has 2 aromatic heterocycles. The summed E-state index contributed by atoms with van der Waals surface area (Å²) < 4.78 is 0. The molecule has 2 aromatic rings. The Morgan fingerprint density at radius 1 is 1.43 bits per heavy atom. The van der Waals surface area contributed by atoms with Crippen molar-refractivity contribution in [2.24, 2.45) is 0 Å². The zero-order valence-electron chi connectivity index (χ0n) is 13.7. The predicted molar refractivity (Wildman–Crippen MR) is 89.6 cm³/mol. The fourth-order valence-corrected chi connectivity index (χ4v) is 2.97.